The summed E-state index contributed by atoms with van der Waals surface area (Å²) in [6.45, 7) is 2.65. The fraction of sp³-hybridized carbons (Fsp3) is 0.833. The van der Waals surface area contributed by atoms with Crippen molar-refractivity contribution >= 4 is 11.9 Å². The van der Waals surface area contributed by atoms with E-state index in [2.05, 4.69) is 5.32 Å². The van der Waals surface area contributed by atoms with Gasteiger partial charge in [-0.3, -0.25) is 14.9 Å². The highest BCUT2D eigenvalue weighted by Crippen LogP contribution is 2.22. The molecule has 0 bridgehead atoms. The van der Waals surface area contributed by atoms with E-state index in [1.54, 1.807) is 0 Å². The third-order valence-electron chi connectivity index (χ3n) is 3.23. The van der Waals surface area contributed by atoms with Gasteiger partial charge in [0.25, 0.3) is 0 Å². The highest BCUT2D eigenvalue weighted by molar-refractivity contribution is 5.79. The second kappa shape index (κ2) is 7.27. The summed E-state index contributed by atoms with van der Waals surface area (Å²) in [6, 6.07) is 0.355. The average Bonchev–Trinajstić information content (AvgIpc) is 2.31. The van der Waals surface area contributed by atoms with Crippen LogP contribution in [0.4, 0.5) is 0 Å². The topological polar surface area (TPSA) is 69.6 Å². The Morgan fingerprint density at radius 3 is 2.41 bits per heavy atom. The summed E-state index contributed by atoms with van der Waals surface area (Å²) in [5.74, 6) is -0.917. The lowest BCUT2D eigenvalue weighted by Crippen LogP contribution is -2.45. The summed E-state index contributed by atoms with van der Waals surface area (Å²) in [5.41, 5.74) is 0. The Bertz CT molecular complexity index is 262. The number of likely N-dealkylation sites (N-methyl/N-ethyl adjacent to an activating group) is 1. The van der Waals surface area contributed by atoms with E-state index >= 15 is 0 Å². The van der Waals surface area contributed by atoms with Gasteiger partial charge in [0.15, 0.2) is 0 Å². The highest BCUT2D eigenvalue weighted by atomic mass is 16.4. The van der Waals surface area contributed by atoms with Gasteiger partial charge in [0, 0.05) is 12.6 Å². The first-order valence-electron chi connectivity index (χ1n) is 6.37. The van der Waals surface area contributed by atoms with E-state index in [-0.39, 0.29) is 19.0 Å². The Hall–Kier alpha value is -1.10. The maximum absolute atomic E-state index is 11.9. The second-order valence-corrected chi connectivity index (χ2v) is 4.47. The van der Waals surface area contributed by atoms with Gasteiger partial charge in [0.2, 0.25) is 5.91 Å². The minimum atomic E-state index is -0.932. The van der Waals surface area contributed by atoms with E-state index in [0.29, 0.717) is 12.6 Å². The number of aliphatic carboxylic acids is 1. The van der Waals surface area contributed by atoms with Crippen LogP contribution in [0.1, 0.15) is 39.0 Å². The molecule has 0 aromatic carbocycles. The van der Waals surface area contributed by atoms with Crippen LogP contribution in [-0.2, 0) is 9.59 Å². The lowest BCUT2D eigenvalue weighted by atomic mass is 9.94. The molecule has 5 nitrogen and oxygen atoms in total. The van der Waals surface area contributed by atoms with E-state index in [4.69, 9.17) is 5.11 Å². The molecule has 0 atom stereocenters. The molecule has 1 rings (SSSR count). The largest absolute Gasteiger partial charge is 0.480 e. The molecule has 2 N–H and O–H groups in total. The summed E-state index contributed by atoms with van der Waals surface area (Å²) in [5, 5.41) is 11.1. The number of carboxylic acids is 1. The number of carbonyl (C=O) groups is 2. The first-order valence-corrected chi connectivity index (χ1v) is 6.37. The van der Waals surface area contributed by atoms with Crippen molar-refractivity contribution in [1.29, 1.82) is 0 Å². The summed E-state index contributed by atoms with van der Waals surface area (Å²) < 4.78 is 0. The number of hydrogen-bond acceptors (Lipinski definition) is 3. The molecule has 0 spiro atoms. The van der Waals surface area contributed by atoms with Crippen molar-refractivity contribution < 1.29 is 14.7 Å². The van der Waals surface area contributed by atoms with Gasteiger partial charge in [-0.1, -0.05) is 19.3 Å². The molecule has 1 aliphatic carbocycles. The van der Waals surface area contributed by atoms with Crippen molar-refractivity contribution in [2.24, 2.45) is 0 Å². The number of rotatable bonds is 6. The molecular weight excluding hydrogens is 220 g/mol. The Morgan fingerprint density at radius 1 is 1.24 bits per heavy atom. The van der Waals surface area contributed by atoms with Crippen molar-refractivity contribution in [1.82, 2.24) is 10.2 Å². The van der Waals surface area contributed by atoms with E-state index in [1.165, 1.54) is 19.3 Å². The zero-order chi connectivity index (χ0) is 12.7. The second-order valence-electron chi connectivity index (χ2n) is 4.47. The Labute approximate surface area is 102 Å². The lowest BCUT2D eigenvalue weighted by molar-refractivity contribution is -0.136. The molecule has 0 radical (unpaired) electrons. The monoisotopic (exact) mass is 242 g/mol. The quantitative estimate of drug-likeness (QED) is 0.724. The number of amides is 1. The summed E-state index contributed by atoms with van der Waals surface area (Å²) in [6.07, 6.45) is 5.81. The normalized spacial score (nSPS) is 16.8. The molecule has 98 valence electrons. The predicted molar refractivity (Wildman–Crippen MR) is 64.8 cm³/mol. The molecule has 5 heteroatoms. The highest BCUT2D eigenvalue weighted by Gasteiger charge is 2.23. The first kappa shape index (κ1) is 14.0. The number of nitrogens with zero attached hydrogens (tertiary/aromatic N) is 1. The molecule has 17 heavy (non-hydrogen) atoms. The molecule has 0 saturated heterocycles. The average molecular weight is 242 g/mol. The van der Waals surface area contributed by atoms with Gasteiger partial charge < -0.3 is 10.0 Å². The van der Waals surface area contributed by atoms with Crippen molar-refractivity contribution in [3.05, 3.63) is 0 Å². The van der Waals surface area contributed by atoms with Gasteiger partial charge in [0.1, 0.15) is 0 Å². The van der Waals surface area contributed by atoms with Crippen LogP contribution in [0.2, 0.25) is 0 Å². The fourth-order valence-electron chi connectivity index (χ4n) is 2.41. The lowest BCUT2D eigenvalue weighted by Gasteiger charge is -2.33. The maximum atomic E-state index is 11.9. The Kier molecular flexibility index (Phi) is 5.97. The SMILES string of the molecule is CCN(C(=O)CNCC(=O)O)C1CCCCC1. The van der Waals surface area contributed by atoms with E-state index in [1.807, 2.05) is 11.8 Å². The number of hydrogen-bond donors (Lipinski definition) is 2. The molecule has 0 aromatic heterocycles. The van der Waals surface area contributed by atoms with Crippen molar-refractivity contribution in [3.8, 4) is 0 Å². The van der Waals surface area contributed by atoms with E-state index in [9.17, 15) is 9.59 Å². The van der Waals surface area contributed by atoms with E-state index < -0.39 is 5.97 Å². The molecule has 0 heterocycles. The molecule has 0 aliphatic heterocycles. The van der Waals surface area contributed by atoms with Gasteiger partial charge in [-0.15, -0.1) is 0 Å². The fourth-order valence-corrected chi connectivity index (χ4v) is 2.41. The van der Waals surface area contributed by atoms with Crippen LogP contribution in [0, 0.1) is 0 Å². The van der Waals surface area contributed by atoms with Crippen LogP contribution >= 0.6 is 0 Å². The number of carboxylic acid groups (broad SMARTS) is 1. The summed E-state index contributed by atoms with van der Waals surface area (Å²) in [4.78, 5) is 24.1. The van der Waals surface area contributed by atoms with Crippen molar-refractivity contribution in [2.45, 2.75) is 45.1 Å². The number of carbonyl (C=O) groups excluding carboxylic acids is 1. The van der Waals surface area contributed by atoms with Crippen LogP contribution in [-0.4, -0.2) is 47.6 Å². The molecule has 1 aliphatic rings. The minimum absolute atomic E-state index is 0.0145. The smallest absolute Gasteiger partial charge is 0.317 e. The number of nitrogens with one attached hydrogen (secondary N) is 1. The molecule has 0 aromatic rings. The van der Waals surface area contributed by atoms with Crippen LogP contribution in [0.5, 0.6) is 0 Å². The Balaban J connectivity index is 2.37. The van der Waals surface area contributed by atoms with Gasteiger partial charge in [0.05, 0.1) is 13.1 Å². The van der Waals surface area contributed by atoms with Gasteiger partial charge in [-0.2, -0.15) is 0 Å². The van der Waals surface area contributed by atoms with Gasteiger partial charge in [-0.25, -0.2) is 0 Å². The third kappa shape index (κ3) is 4.73. The van der Waals surface area contributed by atoms with Crippen LogP contribution in [0.25, 0.3) is 0 Å². The van der Waals surface area contributed by atoms with Crippen molar-refractivity contribution in [2.75, 3.05) is 19.6 Å². The minimum Gasteiger partial charge on any atom is -0.480 e. The van der Waals surface area contributed by atoms with Crippen LogP contribution in [0.15, 0.2) is 0 Å². The molecule has 1 saturated carbocycles. The van der Waals surface area contributed by atoms with Crippen LogP contribution in [0.3, 0.4) is 0 Å². The molecular formula is C12H22N2O3. The molecule has 1 fully saturated rings. The maximum Gasteiger partial charge on any atom is 0.317 e. The van der Waals surface area contributed by atoms with Gasteiger partial charge in [-0.05, 0) is 19.8 Å². The van der Waals surface area contributed by atoms with Crippen LogP contribution < -0.4 is 5.32 Å². The zero-order valence-corrected chi connectivity index (χ0v) is 10.4. The predicted octanol–water partition coefficient (Wildman–Crippen LogP) is 0.842. The molecule has 0 unspecified atom stereocenters. The third-order valence-corrected chi connectivity index (χ3v) is 3.23. The summed E-state index contributed by atoms with van der Waals surface area (Å²) >= 11 is 0. The standard InChI is InChI=1S/C12H22N2O3/c1-2-14(10-6-4-3-5-7-10)11(15)8-13-9-12(16)17/h10,13H,2-9H2,1H3,(H,16,17). The molecule has 1 amide bonds. The van der Waals surface area contributed by atoms with E-state index in [0.717, 1.165) is 12.8 Å². The zero-order valence-electron chi connectivity index (χ0n) is 10.4. The summed E-state index contributed by atoms with van der Waals surface area (Å²) in [7, 11) is 0. The van der Waals surface area contributed by atoms with Gasteiger partial charge >= 0.3 is 5.97 Å². The first-order chi connectivity index (χ1) is 8.15. The van der Waals surface area contributed by atoms with Crippen molar-refractivity contribution in [3.63, 3.8) is 0 Å². The Morgan fingerprint density at radius 2 is 1.88 bits per heavy atom.